The molecule has 3 aromatic heterocycles. The van der Waals surface area contributed by atoms with Crippen molar-refractivity contribution in [1.82, 2.24) is 24.3 Å². The molecule has 0 unspecified atom stereocenters. The molecule has 43 heavy (non-hydrogen) atoms. The summed E-state index contributed by atoms with van der Waals surface area (Å²) >= 11 is 0. The summed E-state index contributed by atoms with van der Waals surface area (Å²) in [5, 5.41) is 14.0. The zero-order chi connectivity index (χ0) is 30.6. The van der Waals surface area contributed by atoms with Gasteiger partial charge in [0.05, 0.1) is 30.2 Å². The maximum Gasteiger partial charge on any atom is 0.435 e. The molecule has 1 N–H and O–H groups in total. The number of alkyl halides is 3. The number of aromatic nitrogens is 5. The van der Waals surface area contributed by atoms with E-state index in [1.807, 2.05) is 0 Å². The highest BCUT2D eigenvalue weighted by Crippen LogP contribution is 2.41. The molecule has 0 fully saturated rings. The van der Waals surface area contributed by atoms with E-state index in [0.29, 0.717) is 27.9 Å². The molecule has 0 bridgehead atoms. The summed E-state index contributed by atoms with van der Waals surface area (Å²) in [6, 6.07) is 8.05. The van der Waals surface area contributed by atoms with Gasteiger partial charge in [-0.3, -0.25) is 14.5 Å². The third-order valence-electron chi connectivity index (χ3n) is 7.43. The molecule has 1 aliphatic rings. The summed E-state index contributed by atoms with van der Waals surface area (Å²) in [5.41, 5.74) is 1.51. The number of ether oxygens (including phenoxy) is 1. The average Bonchev–Trinajstić information content (AvgIpc) is 3.61. The molecular formula is C30H25F3N6O4. The molecule has 2 aromatic carbocycles. The minimum atomic E-state index is -4.71. The van der Waals surface area contributed by atoms with E-state index in [0.717, 1.165) is 4.68 Å². The van der Waals surface area contributed by atoms with E-state index < -0.39 is 23.7 Å². The third-order valence-corrected chi connectivity index (χ3v) is 7.43. The Morgan fingerprint density at radius 2 is 1.88 bits per heavy atom. The number of carbonyl (C=O) groups excluding carboxylic acids is 1. The normalized spacial score (nSPS) is 13.4. The Balaban J connectivity index is 1.55. The lowest BCUT2D eigenvalue weighted by Crippen LogP contribution is -2.38. The van der Waals surface area contributed by atoms with Crippen LogP contribution in [0.2, 0.25) is 0 Å². The van der Waals surface area contributed by atoms with Crippen molar-refractivity contribution in [2.24, 2.45) is 7.05 Å². The van der Waals surface area contributed by atoms with Crippen LogP contribution in [0, 0.1) is 6.92 Å². The van der Waals surface area contributed by atoms with Gasteiger partial charge in [0.25, 0.3) is 5.91 Å². The number of methoxy groups -OCH3 is 1. The monoisotopic (exact) mass is 590 g/mol. The molecule has 10 nitrogen and oxygen atoms in total. The molecule has 1 aliphatic heterocycles. The topological polar surface area (TPSA) is 115 Å². The first-order valence-corrected chi connectivity index (χ1v) is 13.2. The van der Waals surface area contributed by atoms with Gasteiger partial charge in [0.15, 0.2) is 5.69 Å². The molecule has 0 spiro atoms. The predicted octanol–water partition coefficient (Wildman–Crippen LogP) is 5.12. The number of anilines is 1. The van der Waals surface area contributed by atoms with Crippen LogP contribution in [-0.4, -0.2) is 55.0 Å². The summed E-state index contributed by atoms with van der Waals surface area (Å²) in [5.74, 6) is -1.35. The summed E-state index contributed by atoms with van der Waals surface area (Å²) in [6.07, 6.45) is 1.74. The number of pyridine rings is 1. The SMILES string of the molecule is COc1cc(C(=O)O)c2nc(C)cc(N3CCc4c(cc(Cn5ccnc5)cc4-c4cn(C)nc4C(F)(F)F)C3=O)c2c1. The number of amides is 1. The maximum absolute atomic E-state index is 14.3. The fourth-order valence-electron chi connectivity index (χ4n) is 5.62. The van der Waals surface area contributed by atoms with Gasteiger partial charge in [-0.1, -0.05) is 0 Å². The van der Waals surface area contributed by atoms with E-state index in [2.05, 4.69) is 15.1 Å². The molecule has 1 amide bonds. The van der Waals surface area contributed by atoms with Crippen LogP contribution >= 0.6 is 0 Å². The average molecular weight is 591 g/mol. The number of carboxylic acid groups (broad SMARTS) is 1. The van der Waals surface area contributed by atoms with Gasteiger partial charge in [-0.2, -0.15) is 18.3 Å². The van der Waals surface area contributed by atoms with Crippen molar-refractivity contribution in [3.63, 3.8) is 0 Å². The first-order valence-electron chi connectivity index (χ1n) is 13.2. The minimum absolute atomic E-state index is 0.0784. The molecule has 220 valence electrons. The van der Waals surface area contributed by atoms with Crippen LogP contribution < -0.4 is 9.64 Å². The predicted molar refractivity (Wildman–Crippen MR) is 150 cm³/mol. The van der Waals surface area contributed by atoms with Crippen molar-refractivity contribution in [2.45, 2.75) is 26.1 Å². The van der Waals surface area contributed by atoms with Gasteiger partial charge in [-0.25, -0.2) is 9.78 Å². The van der Waals surface area contributed by atoms with Crippen molar-refractivity contribution in [1.29, 1.82) is 0 Å². The fourth-order valence-corrected chi connectivity index (χ4v) is 5.62. The van der Waals surface area contributed by atoms with Crippen molar-refractivity contribution in [2.75, 3.05) is 18.6 Å². The van der Waals surface area contributed by atoms with Gasteiger partial charge in [-0.05, 0) is 60.4 Å². The third kappa shape index (κ3) is 4.96. The molecule has 0 radical (unpaired) electrons. The molecule has 0 saturated carbocycles. The van der Waals surface area contributed by atoms with Gasteiger partial charge in [0, 0.05) is 60.9 Å². The largest absolute Gasteiger partial charge is 0.497 e. The highest BCUT2D eigenvalue weighted by molar-refractivity contribution is 6.15. The zero-order valence-electron chi connectivity index (χ0n) is 23.3. The van der Waals surface area contributed by atoms with Gasteiger partial charge >= 0.3 is 12.1 Å². The van der Waals surface area contributed by atoms with Crippen molar-refractivity contribution < 1.29 is 32.6 Å². The van der Waals surface area contributed by atoms with Crippen LogP contribution in [0.4, 0.5) is 18.9 Å². The van der Waals surface area contributed by atoms with Crippen LogP contribution in [0.3, 0.4) is 0 Å². The van der Waals surface area contributed by atoms with Gasteiger partial charge in [0.2, 0.25) is 0 Å². The van der Waals surface area contributed by atoms with E-state index in [1.165, 1.54) is 31.3 Å². The Labute approximate surface area is 243 Å². The smallest absolute Gasteiger partial charge is 0.435 e. The van der Waals surface area contributed by atoms with Crippen LogP contribution in [0.5, 0.6) is 5.75 Å². The standard InChI is InChI=1S/C30H25F3N6O4/c1-16-8-25(22-11-18(43-3)12-23(29(41)42)26(22)35-16)39-6-4-19-20(24-14-37(2)36-27(24)30(31,32)33)9-17(10-21(19)28(39)40)13-38-7-5-34-15-38/h5,7-12,14-15H,4,6,13H2,1-3H3,(H,41,42). The van der Waals surface area contributed by atoms with Crippen molar-refractivity contribution in [3.05, 3.63) is 88.9 Å². The molecule has 4 heterocycles. The number of hydrogen-bond acceptors (Lipinski definition) is 6. The highest BCUT2D eigenvalue weighted by Gasteiger charge is 2.39. The second-order valence-corrected chi connectivity index (χ2v) is 10.3. The summed E-state index contributed by atoms with van der Waals surface area (Å²) in [7, 11) is 2.83. The second kappa shape index (κ2) is 10.3. The summed E-state index contributed by atoms with van der Waals surface area (Å²) < 4.78 is 50.4. The number of aromatic carboxylic acids is 1. The lowest BCUT2D eigenvalue weighted by Gasteiger charge is -2.31. The van der Waals surface area contributed by atoms with Gasteiger partial charge in [0.1, 0.15) is 5.75 Å². The highest BCUT2D eigenvalue weighted by atomic mass is 19.4. The summed E-state index contributed by atoms with van der Waals surface area (Å²) in [6.45, 7) is 2.11. The number of fused-ring (bicyclic) bond motifs is 2. The second-order valence-electron chi connectivity index (χ2n) is 10.3. The number of carboxylic acids is 1. The number of imidazole rings is 1. The Bertz CT molecular complexity index is 1910. The molecular weight excluding hydrogens is 565 g/mol. The summed E-state index contributed by atoms with van der Waals surface area (Å²) in [4.78, 5) is 36.3. The molecule has 5 aromatic rings. The van der Waals surface area contributed by atoms with E-state index in [-0.39, 0.29) is 53.0 Å². The Morgan fingerprint density at radius 3 is 2.56 bits per heavy atom. The lowest BCUT2D eigenvalue weighted by molar-refractivity contribution is -0.141. The van der Waals surface area contributed by atoms with Crippen molar-refractivity contribution in [3.8, 4) is 16.9 Å². The van der Waals surface area contributed by atoms with Crippen LogP contribution in [0.1, 0.15) is 43.2 Å². The first-order chi connectivity index (χ1) is 20.4. The lowest BCUT2D eigenvalue weighted by atomic mass is 9.87. The number of hydrogen-bond donors (Lipinski definition) is 1. The van der Waals surface area contributed by atoms with Crippen molar-refractivity contribution >= 4 is 28.5 Å². The maximum atomic E-state index is 14.3. The number of rotatable bonds is 6. The van der Waals surface area contributed by atoms with Crippen LogP contribution in [0.15, 0.2) is 55.2 Å². The zero-order valence-corrected chi connectivity index (χ0v) is 23.3. The number of benzene rings is 2. The number of aryl methyl sites for hydroxylation is 2. The molecule has 0 saturated heterocycles. The van der Waals surface area contributed by atoms with Gasteiger partial charge in [-0.15, -0.1) is 0 Å². The Hall–Kier alpha value is -5.20. The Morgan fingerprint density at radius 1 is 1.12 bits per heavy atom. The number of carbonyl (C=O) groups is 2. The quantitative estimate of drug-likeness (QED) is 0.292. The number of halogens is 3. The van der Waals surface area contributed by atoms with Gasteiger partial charge < -0.3 is 19.3 Å². The molecule has 6 rings (SSSR count). The molecule has 0 atom stereocenters. The van der Waals surface area contributed by atoms with Crippen LogP contribution in [0.25, 0.3) is 22.0 Å². The minimum Gasteiger partial charge on any atom is -0.497 e. The van der Waals surface area contributed by atoms with E-state index in [4.69, 9.17) is 4.74 Å². The Kier molecular flexibility index (Phi) is 6.67. The molecule has 0 aliphatic carbocycles. The van der Waals surface area contributed by atoms with E-state index >= 15 is 0 Å². The van der Waals surface area contributed by atoms with E-state index in [1.54, 1.807) is 54.5 Å². The number of nitrogens with zero attached hydrogens (tertiary/aromatic N) is 6. The fraction of sp³-hybridized carbons (Fsp3) is 0.233. The van der Waals surface area contributed by atoms with E-state index in [9.17, 15) is 27.9 Å². The van der Waals surface area contributed by atoms with Crippen LogP contribution in [-0.2, 0) is 26.2 Å². The first kappa shape index (κ1) is 27.9. The molecule has 13 heteroatoms.